The molecule has 0 radical (unpaired) electrons. The molecule has 9 heteroatoms. The van der Waals surface area contributed by atoms with Crippen LogP contribution in [0, 0.1) is 16.0 Å². The van der Waals surface area contributed by atoms with E-state index >= 15 is 0 Å². The first kappa shape index (κ1) is 19.8. The van der Waals surface area contributed by atoms with Crippen molar-refractivity contribution in [2.24, 2.45) is 5.92 Å². The second kappa shape index (κ2) is 8.44. The number of nitro benzene ring substituents is 1. The highest BCUT2D eigenvalue weighted by atomic mass is 32.1. The summed E-state index contributed by atoms with van der Waals surface area (Å²) in [6.45, 7) is 2.73. The van der Waals surface area contributed by atoms with Crippen LogP contribution in [0.3, 0.4) is 0 Å². The van der Waals surface area contributed by atoms with Gasteiger partial charge in [-0.3, -0.25) is 10.1 Å². The molecule has 2 atom stereocenters. The zero-order valence-electron chi connectivity index (χ0n) is 16.4. The van der Waals surface area contributed by atoms with Crippen molar-refractivity contribution in [3.8, 4) is 11.5 Å². The van der Waals surface area contributed by atoms with Crippen LogP contribution in [0.15, 0.2) is 28.7 Å². The third kappa shape index (κ3) is 4.72. The van der Waals surface area contributed by atoms with Crippen LogP contribution in [0.1, 0.15) is 51.3 Å². The van der Waals surface area contributed by atoms with E-state index in [9.17, 15) is 10.1 Å². The second-order valence-electron chi connectivity index (χ2n) is 7.99. The zero-order chi connectivity index (χ0) is 20.4. The lowest BCUT2D eigenvalue weighted by molar-refractivity contribution is -0.384. The number of nitrogens with zero attached hydrogens (tertiary/aromatic N) is 4. The third-order valence-electron chi connectivity index (χ3n) is 5.75. The summed E-state index contributed by atoms with van der Waals surface area (Å²) in [6, 6.07) is 7.03. The van der Waals surface area contributed by atoms with Gasteiger partial charge in [0.1, 0.15) is 0 Å². The number of nitro groups is 1. The number of thiocarbonyl (C=S) groups is 1. The molecule has 0 spiro atoms. The molecule has 2 fully saturated rings. The molecule has 0 aliphatic heterocycles. The number of hydrogen-bond acceptors (Lipinski definition) is 6. The lowest BCUT2D eigenvalue weighted by atomic mass is 9.86. The molecule has 29 heavy (non-hydrogen) atoms. The monoisotopic (exact) mass is 415 g/mol. The highest BCUT2D eigenvalue weighted by molar-refractivity contribution is 7.80. The largest absolute Gasteiger partial charge is 0.419 e. The number of non-ortho nitro benzene ring substituents is 1. The molecule has 2 aromatic rings. The summed E-state index contributed by atoms with van der Waals surface area (Å²) in [6.07, 6.45) is 7.13. The van der Waals surface area contributed by atoms with Gasteiger partial charge in [0.05, 0.1) is 11.5 Å². The van der Waals surface area contributed by atoms with Crippen LogP contribution in [0.25, 0.3) is 11.5 Å². The summed E-state index contributed by atoms with van der Waals surface area (Å²) in [4.78, 5) is 12.7. The van der Waals surface area contributed by atoms with Gasteiger partial charge < -0.3 is 14.6 Å². The predicted molar refractivity (Wildman–Crippen MR) is 112 cm³/mol. The van der Waals surface area contributed by atoms with Crippen LogP contribution in [-0.2, 0) is 6.54 Å². The minimum Gasteiger partial charge on any atom is -0.419 e. The zero-order valence-corrected chi connectivity index (χ0v) is 17.2. The van der Waals surface area contributed by atoms with E-state index in [1.807, 2.05) is 0 Å². The first-order valence-electron chi connectivity index (χ1n) is 10.2. The molecule has 0 saturated heterocycles. The van der Waals surface area contributed by atoms with E-state index in [0.29, 0.717) is 36.0 Å². The summed E-state index contributed by atoms with van der Waals surface area (Å²) >= 11 is 5.72. The maximum absolute atomic E-state index is 11.0. The SMILES string of the molecule is C[C@@H]1CCCC[C@@H]1NC(=S)N(Cc1nnc(-c2cccc([N+](=O)[O-])c2)o1)C1CC1. The molecular formula is C20H25N5O3S. The Labute approximate surface area is 174 Å². The van der Waals surface area contributed by atoms with Crippen LogP contribution in [0.5, 0.6) is 0 Å². The van der Waals surface area contributed by atoms with E-state index in [0.717, 1.165) is 24.4 Å². The Morgan fingerprint density at radius 1 is 1.31 bits per heavy atom. The van der Waals surface area contributed by atoms with Crippen LogP contribution < -0.4 is 5.32 Å². The average Bonchev–Trinajstić information content (AvgIpc) is 3.45. The molecule has 2 saturated carbocycles. The van der Waals surface area contributed by atoms with Gasteiger partial charge in [-0.05, 0) is 49.9 Å². The van der Waals surface area contributed by atoms with Crippen molar-refractivity contribution in [2.75, 3.05) is 0 Å². The maximum Gasteiger partial charge on any atom is 0.270 e. The fourth-order valence-electron chi connectivity index (χ4n) is 3.86. The predicted octanol–water partition coefficient (Wildman–Crippen LogP) is 4.06. The summed E-state index contributed by atoms with van der Waals surface area (Å²) in [7, 11) is 0. The number of benzene rings is 1. The van der Waals surface area contributed by atoms with Gasteiger partial charge in [0.15, 0.2) is 5.11 Å². The Kier molecular flexibility index (Phi) is 5.75. The molecular weight excluding hydrogens is 390 g/mol. The van der Waals surface area contributed by atoms with E-state index in [2.05, 4.69) is 27.3 Å². The fraction of sp³-hybridized carbons (Fsp3) is 0.550. The summed E-state index contributed by atoms with van der Waals surface area (Å²) in [5, 5.41) is 23.5. The molecule has 2 aliphatic carbocycles. The third-order valence-corrected chi connectivity index (χ3v) is 6.10. The minimum absolute atomic E-state index is 0.00571. The van der Waals surface area contributed by atoms with Crippen molar-refractivity contribution in [3.05, 3.63) is 40.3 Å². The Hall–Kier alpha value is -2.55. The first-order chi connectivity index (χ1) is 14.0. The molecule has 0 amide bonds. The van der Waals surface area contributed by atoms with E-state index in [1.165, 1.54) is 31.4 Å². The van der Waals surface area contributed by atoms with Crippen LogP contribution >= 0.6 is 12.2 Å². The lowest BCUT2D eigenvalue weighted by Gasteiger charge is -2.33. The fourth-order valence-corrected chi connectivity index (χ4v) is 4.22. The molecule has 154 valence electrons. The van der Waals surface area contributed by atoms with E-state index in [4.69, 9.17) is 16.6 Å². The highest BCUT2D eigenvalue weighted by Gasteiger charge is 2.33. The second-order valence-corrected chi connectivity index (χ2v) is 8.37. The highest BCUT2D eigenvalue weighted by Crippen LogP contribution is 2.30. The Bertz CT molecular complexity index is 898. The summed E-state index contributed by atoms with van der Waals surface area (Å²) < 4.78 is 5.80. The molecule has 8 nitrogen and oxygen atoms in total. The van der Waals surface area contributed by atoms with Gasteiger partial charge in [0, 0.05) is 29.8 Å². The van der Waals surface area contributed by atoms with Crippen molar-refractivity contribution < 1.29 is 9.34 Å². The van der Waals surface area contributed by atoms with Gasteiger partial charge in [0.25, 0.3) is 5.69 Å². The normalized spacial score (nSPS) is 21.6. The standard InChI is InChI=1S/C20H25N5O3S/c1-13-5-2-3-8-17(13)21-20(29)24(15-9-10-15)12-18-22-23-19(28-18)14-6-4-7-16(11-14)25(26)27/h4,6-7,11,13,15,17H,2-3,5,8-10,12H2,1H3,(H,21,29)/t13-,17+/m1/s1. The van der Waals surface area contributed by atoms with Crippen molar-refractivity contribution in [1.82, 2.24) is 20.4 Å². The number of nitrogens with one attached hydrogen (secondary N) is 1. The van der Waals surface area contributed by atoms with Gasteiger partial charge in [-0.1, -0.05) is 25.8 Å². The molecule has 4 rings (SSSR count). The maximum atomic E-state index is 11.0. The molecule has 2 aliphatic rings. The number of aromatic nitrogens is 2. The van der Waals surface area contributed by atoms with Gasteiger partial charge >= 0.3 is 0 Å². The average molecular weight is 416 g/mol. The van der Waals surface area contributed by atoms with Crippen molar-refractivity contribution in [2.45, 2.75) is 64.1 Å². The quantitative estimate of drug-likeness (QED) is 0.428. The van der Waals surface area contributed by atoms with Crippen molar-refractivity contribution in [3.63, 3.8) is 0 Å². The topological polar surface area (TPSA) is 97.3 Å². The van der Waals surface area contributed by atoms with Crippen LogP contribution in [0.4, 0.5) is 5.69 Å². The molecule has 0 unspecified atom stereocenters. The van der Waals surface area contributed by atoms with Gasteiger partial charge in [-0.2, -0.15) is 0 Å². The Morgan fingerprint density at radius 3 is 2.83 bits per heavy atom. The Balaban J connectivity index is 1.45. The molecule has 1 aromatic heterocycles. The molecule has 1 aromatic carbocycles. The van der Waals surface area contributed by atoms with Crippen molar-refractivity contribution >= 4 is 23.0 Å². The van der Waals surface area contributed by atoms with E-state index < -0.39 is 4.92 Å². The van der Waals surface area contributed by atoms with Crippen molar-refractivity contribution in [1.29, 1.82) is 0 Å². The minimum atomic E-state index is -0.439. The Morgan fingerprint density at radius 2 is 2.10 bits per heavy atom. The summed E-state index contributed by atoms with van der Waals surface area (Å²) in [5.41, 5.74) is 0.529. The number of hydrogen-bond donors (Lipinski definition) is 1. The molecule has 1 heterocycles. The van der Waals surface area contributed by atoms with Crippen LogP contribution in [0.2, 0.25) is 0 Å². The van der Waals surface area contributed by atoms with E-state index in [-0.39, 0.29) is 11.6 Å². The van der Waals surface area contributed by atoms with Gasteiger partial charge in [0.2, 0.25) is 11.8 Å². The smallest absolute Gasteiger partial charge is 0.270 e. The van der Waals surface area contributed by atoms with Gasteiger partial charge in [-0.15, -0.1) is 10.2 Å². The van der Waals surface area contributed by atoms with Crippen LogP contribution in [-0.4, -0.2) is 37.2 Å². The molecule has 0 bridgehead atoms. The lowest BCUT2D eigenvalue weighted by Crippen LogP contribution is -2.48. The van der Waals surface area contributed by atoms with E-state index in [1.54, 1.807) is 12.1 Å². The first-order valence-corrected chi connectivity index (χ1v) is 10.6. The van der Waals surface area contributed by atoms with Gasteiger partial charge in [-0.25, -0.2) is 0 Å². The number of rotatable bonds is 6. The summed E-state index contributed by atoms with van der Waals surface area (Å²) in [5.74, 6) is 1.35. The molecule has 1 N–H and O–H groups in total.